The van der Waals surface area contributed by atoms with Crippen molar-refractivity contribution in [2.75, 3.05) is 20.2 Å². The average Bonchev–Trinajstić information content (AvgIpc) is 2.76. The lowest BCUT2D eigenvalue weighted by Gasteiger charge is -2.10. The molecule has 114 valence electrons. The van der Waals surface area contributed by atoms with Crippen molar-refractivity contribution < 1.29 is 17.7 Å². The normalized spacial score (nSPS) is 18.6. The molecule has 0 amide bonds. The standard InChI is InChI=1S/C7H8O3S.C5H11NO.C2H5/c1-6-2-4-7(5-3-6)11(8,9)10;1-5-6(2)3-4-7-5;1-2/h2-5H,1H3,(H,8,9,10);5H,3-4H2,1-2H3;1H2,2H3/q;;+1/p-1. The van der Waals surface area contributed by atoms with E-state index in [0.717, 1.165) is 18.7 Å². The third-order valence-corrected chi connectivity index (χ3v) is 3.58. The van der Waals surface area contributed by atoms with Crippen LogP contribution in [-0.4, -0.2) is 44.3 Å². The van der Waals surface area contributed by atoms with Crippen LogP contribution in [0.1, 0.15) is 19.4 Å². The number of rotatable bonds is 1. The monoisotopic (exact) mass is 301 g/mol. The molecule has 0 aromatic heterocycles. The van der Waals surface area contributed by atoms with Crippen LogP contribution >= 0.6 is 0 Å². The van der Waals surface area contributed by atoms with Gasteiger partial charge in [-0.15, -0.1) is 0 Å². The Morgan fingerprint density at radius 2 is 1.80 bits per heavy atom. The maximum absolute atomic E-state index is 10.4. The van der Waals surface area contributed by atoms with Crippen LogP contribution in [-0.2, 0) is 14.9 Å². The zero-order chi connectivity index (χ0) is 15.8. The van der Waals surface area contributed by atoms with E-state index in [-0.39, 0.29) is 4.90 Å². The van der Waals surface area contributed by atoms with Gasteiger partial charge in [0, 0.05) is 6.54 Å². The Labute approximate surface area is 122 Å². The Morgan fingerprint density at radius 1 is 1.30 bits per heavy atom. The fourth-order valence-corrected chi connectivity index (χ4v) is 1.85. The van der Waals surface area contributed by atoms with Gasteiger partial charge in [-0.1, -0.05) is 17.7 Å². The molecule has 1 fully saturated rings. The molecule has 1 aliphatic rings. The average molecular weight is 301 g/mol. The van der Waals surface area contributed by atoms with Gasteiger partial charge in [-0.3, -0.25) is 4.90 Å². The Morgan fingerprint density at radius 3 is 2.05 bits per heavy atom. The summed E-state index contributed by atoms with van der Waals surface area (Å²) in [6.07, 6.45) is 0.347. The van der Waals surface area contributed by atoms with Crippen molar-refractivity contribution >= 4 is 10.1 Å². The van der Waals surface area contributed by atoms with E-state index in [0.29, 0.717) is 6.23 Å². The van der Waals surface area contributed by atoms with E-state index in [4.69, 9.17) is 4.74 Å². The first-order chi connectivity index (χ1) is 9.30. The van der Waals surface area contributed by atoms with Gasteiger partial charge >= 0.3 is 0 Å². The smallest absolute Gasteiger partial charge is 0.124 e. The van der Waals surface area contributed by atoms with Crippen LogP contribution < -0.4 is 0 Å². The van der Waals surface area contributed by atoms with Crippen molar-refractivity contribution in [2.24, 2.45) is 0 Å². The first-order valence-electron chi connectivity index (χ1n) is 6.36. The van der Waals surface area contributed by atoms with Gasteiger partial charge in [-0.2, -0.15) is 0 Å². The molecule has 5 nitrogen and oxygen atoms in total. The van der Waals surface area contributed by atoms with E-state index >= 15 is 0 Å². The molecule has 1 atom stereocenters. The van der Waals surface area contributed by atoms with Gasteiger partial charge in [0.25, 0.3) is 0 Å². The number of ether oxygens (including phenoxy) is 1. The summed E-state index contributed by atoms with van der Waals surface area (Å²) < 4.78 is 36.4. The number of hydrogen-bond acceptors (Lipinski definition) is 5. The Kier molecular flexibility index (Phi) is 8.48. The highest BCUT2D eigenvalue weighted by atomic mass is 32.2. The summed E-state index contributed by atoms with van der Waals surface area (Å²) in [4.78, 5) is 2.00. The van der Waals surface area contributed by atoms with Gasteiger partial charge in [0.2, 0.25) is 0 Å². The van der Waals surface area contributed by atoms with Crippen LogP contribution in [0.3, 0.4) is 0 Å². The molecule has 20 heavy (non-hydrogen) atoms. The number of nitrogens with zero attached hydrogens (tertiary/aromatic N) is 1. The molecule has 1 aromatic rings. The topological polar surface area (TPSA) is 69.7 Å². The molecule has 0 aliphatic carbocycles. The molecule has 0 bridgehead atoms. The summed E-state index contributed by atoms with van der Waals surface area (Å²) in [7, 11) is -2.20. The fraction of sp³-hybridized carbons (Fsp3) is 0.500. The Hall–Kier alpha value is -1.08. The lowest BCUT2D eigenvalue weighted by Crippen LogP contribution is -2.21. The number of benzene rings is 1. The summed E-state index contributed by atoms with van der Waals surface area (Å²) in [5.41, 5.74) is 0.928. The number of aryl methyl sites for hydroxylation is 1. The van der Waals surface area contributed by atoms with Crippen molar-refractivity contribution in [3.63, 3.8) is 0 Å². The van der Waals surface area contributed by atoms with Crippen LogP contribution in [0.5, 0.6) is 0 Å². The van der Waals surface area contributed by atoms with Crippen molar-refractivity contribution in [1.82, 2.24) is 4.90 Å². The number of hydrogen-bond donors (Lipinski definition) is 0. The minimum Gasteiger partial charge on any atom is -0.744 e. The molecule has 6 heteroatoms. The molecular weight excluding hydrogens is 278 g/mol. The molecule has 1 heterocycles. The quantitative estimate of drug-likeness (QED) is 0.586. The van der Waals surface area contributed by atoms with Gasteiger partial charge in [0.1, 0.15) is 16.3 Å². The highest BCUT2D eigenvalue weighted by molar-refractivity contribution is 7.85. The highest BCUT2D eigenvalue weighted by Gasteiger charge is 2.14. The van der Waals surface area contributed by atoms with Crippen LogP contribution in [0.2, 0.25) is 0 Å². The second kappa shape index (κ2) is 8.97. The second-order valence-electron chi connectivity index (χ2n) is 4.22. The van der Waals surface area contributed by atoms with Gasteiger partial charge < -0.3 is 9.29 Å². The van der Waals surface area contributed by atoms with E-state index in [9.17, 15) is 13.0 Å². The molecule has 1 aliphatic heterocycles. The predicted octanol–water partition coefficient (Wildman–Crippen LogP) is 2.03. The molecule has 0 saturated carbocycles. The molecular formula is C14H23NO4S. The minimum atomic E-state index is -4.27. The van der Waals surface area contributed by atoms with Gasteiger partial charge in [0.15, 0.2) is 0 Å². The Balaban J connectivity index is 0.000000345. The van der Waals surface area contributed by atoms with E-state index in [1.807, 2.05) is 6.92 Å². The van der Waals surface area contributed by atoms with Gasteiger partial charge in [-0.05, 0) is 33.0 Å². The van der Waals surface area contributed by atoms with Crippen molar-refractivity contribution in [2.45, 2.75) is 31.9 Å². The highest BCUT2D eigenvalue weighted by Crippen LogP contribution is 2.08. The maximum Gasteiger partial charge on any atom is 0.124 e. The molecule has 0 radical (unpaired) electrons. The van der Waals surface area contributed by atoms with Gasteiger partial charge in [-0.25, -0.2) is 8.42 Å². The molecule has 1 saturated heterocycles. The van der Waals surface area contributed by atoms with Crippen molar-refractivity contribution in [3.05, 3.63) is 36.8 Å². The largest absolute Gasteiger partial charge is 0.744 e. The van der Waals surface area contributed by atoms with E-state index in [1.165, 1.54) is 12.1 Å². The summed E-state index contributed by atoms with van der Waals surface area (Å²) in [5, 5.41) is 0. The van der Waals surface area contributed by atoms with Crippen LogP contribution in [0.25, 0.3) is 0 Å². The SMILES string of the molecule is CC1OCCN1C.Cc1ccc(S(=O)(=O)[O-])cc1.[CH2+]C. The zero-order valence-corrected chi connectivity index (χ0v) is 13.3. The first-order valence-corrected chi connectivity index (χ1v) is 7.76. The summed E-state index contributed by atoms with van der Waals surface area (Å²) in [5.74, 6) is 0. The molecule has 1 unspecified atom stereocenters. The van der Waals surface area contributed by atoms with E-state index in [1.54, 1.807) is 19.1 Å². The van der Waals surface area contributed by atoms with Crippen LogP contribution in [0.4, 0.5) is 0 Å². The fourth-order valence-electron chi connectivity index (χ4n) is 1.38. The van der Waals surface area contributed by atoms with E-state index in [2.05, 4.69) is 25.8 Å². The summed E-state index contributed by atoms with van der Waals surface area (Å²) in [6.45, 7) is 10.9. The lowest BCUT2D eigenvalue weighted by molar-refractivity contribution is 0.0625. The molecule has 0 spiro atoms. The van der Waals surface area contributed by atoms with Crippen LogP contribution in [0.15, 0.2) is 29.2 Å². The third-order valence-electron chi connectivity index (χ3n) is 2.73. The number of likely N-dealkylation sites (N-methyl/N-ethyl adjacent to an activating group) is 1. The zero-order valence-electron chi connectivity index (χ0n) is 12.5. The van der Waals surface area contributed by atoms with Gasteiger partial charge in [0.05, 0.1) is 25.3 Å². The molecule has 1 aromatic carbocycles. The minimum absolute atomic E-state index is 0.178. The summed E-state index contributed by atoms with van der Waals surface area (Å²) in [6, 6.07) is 5.78. The van der Waals surface area contributed by atoms with Crippen LogP contribution in [0, 0.1) is 13.8 Å². The second-order valence-corrected chi connectivity index (χ2v) is 5.60. The Bertz CT molecular complexity index is 462. The predicted molar refractivity (Wildman–Crippen MR) is 78.2 cm³/mol. The third kappa shape index (κ3) is 6.91. The molecule has 2 rings (SSSR count). The first kappa shape index (κ1) is 18.9. The van der Waals surface area contributed by atoms with E-state index < -0.39 is 10.1 Å². The van der Waals surface area contributed by atoms with Crippen molar-refractivity contribution in [3.8, 4) is 0 Å². The lowest BCUT2D eigenvalue weighted by atomic mass is 10.2. The summed E-state index contributed by atoms with van der Waals surface area (Å²) >= 11 is 0. The maximum atomic E-state index is 10.4. The van der Waals surface area contributed by atoms with Crippen molar-refractivity contribution in [1.29, 1.82) is 0 Å². The molecule has 0 N–H and O–H groups in total.